The Kier molecular flexibility index (Phi) is 6.43. The minimum Gasteiger partial charge on any atom is -0.206 e. The highest BCUT2D eigenvalue weighted by Gasteiger charge is 2.37. The zero-order chi connectivity index (χ0) is 29.6. The molecule has 4 nitrogen and oxygen atoms in total. The van der Waals surface area contributed by atoms with Crippen molar-refractivity contribution in [2.24, 2.45) is 0 Å². The maximum atomic E-state index is 15.0. The number of hydrogen-bond acceptors (Lipinski definition) is 4. The highest BCUT2D eigenvalue weighted by molar-refractivity contribution is 6.07. The molecule has 4 aromatic rings. The van der Waals surface area contributed by atoms with Crippen LogP contribution in [0.15, 0.2) is 66.2 Å². The summed E-state index contributed by atoms with van der Waals surface area (Å²) in [4.78, 5) is 0. The maximum absolute atomic E-state index is 15.0. The van der Waals surface area contributed by atoms with Crippen LogP contribution in [0.4, 0.5) is 17.6 Å². The van der Waals surface area contributed by atoms with Crippen LogP contribution in [0.5, 0.6) is 0 Å². The van der Waals surface area contributed by atoms with Crippen molar-refractivity contribution in [3.8, 4) is 57.7 Å². The van der Waals surface area contributed by atoms with E-state index >= 15 is 4.39 Å². The van der Waals surface area contributed by atoms with Crippen LogP contribution in [-0.4, -0.2) is 0 Å². The highest BCUT2D eigenvalue weighted by atomic mass is 19.4. The predicted octanol–water partition coefficient (Wildman–Crippen LogP) is 8.37. The fourth-order valence-electron chi connectivity index (χ4n) is 5.48. The smallest absolute Gasteiger partial charge is 0.206 e. The molecule has 0 N–H and O–H groups in total. The van der Waals surface area contributed by atoms with Crippen LogP contribution in [-0.2, 0) is 6.18 Å². The summed E-state index contributed by atoms with van der Waals surface area (Å²) in [5, 5.41) is 39.7. The molecule has 0 saturated heterocycles. The summed E-state index contributed by atoms with van der Waals surface area (Å²) in [6, 6.07) is 21.8. The molecule has 0 spiro atoms. The van der Waals surface area contributed by atoms with E-state index in [0.717, 1.165) is 34.9 Å². The summed E-state index contributed by atoms with van der Waals surface area (Å²) in [7, 11) is 0. The number of hydrogen-bond donors (Lipinski definition) is 0. The number of nitriles is 4. The third-order valence-electron chi connectivity index (χ3n) is 7.20. The Morgan fingerprint density at radius 2 is 1.12 bits per heavy atom. The van der Waals surface area contributed by atoms with E-state index in [1.807, 2.05) is 50.3 Å². The third kappa shape index (κ3) is 4.20. The number of rotatable bonds is 2. The van der Waals surface area contributed by atoms with Gasteiger partial charge in [0.2, 0.25) is 0 Å². The van der Waals surface area contributed by atoms with Crippen LogP contribution < -0.4 is 0 Å². The topological polar surface area (TPSA) is 95.2 Å². The number of allylic oxidation sites excluding steroid dienone is 1. The van der Waals surface area contributed by atoms with Crippen molar-refractivity contribution in [2.75, 3.05) is 0 Å². The molecule has 1 aliphatic carbocycles. The van der Waals surface area contributed by atoms with Crippen LogP contribution in [0, 0.1) is 65.0 Å². The number of benzene rings is 4. The first-order valence-electron chi connectivity index (χ1n) is 12.2. The van der Waals surface area contributed by atoms with E-state index in [4.69, 9.17) is 0 Å². The van der Waals surface area contributed by atoms with Crippen molar-refractivity contribution in [1.82, 2.24) is 0 Å². The zero-order valence-electron chi connectivity index (χ0n) is 21.6. The van der Waals surface area contributed by atoms with Gasteiger partial charge in [0.25, 0.3) is 0 Å². The van der Waals surface area contributed by atoms with Crippen molar-refractivity contribution < 1.29 is 17.6 Å². The predicted molar refractivity (Wildman–Crippen MR) is 144 cm³/mol. The van der Waals surface area contributed by atoms with E-state index < -0.39 is 23.1 Å². The number of aryl methyl sites for hydroxylation is 2. The molecule has 0 saturated carbocycles. The lowest BCUT2D eigenvalue weighted by Crippen LogP contribution is -2.09. The molecule has 0 radical (unpaired) electrons. The Labute approximate surface area is 232 Å². The summed E-state index contributed by atoms with van der Waals surface area (Å²) in [5.41, 5.74) is 1.94. The molecule has 41 heavy (non-hydrogen) atoms. The van der Waals surface area contributed by atoms with E-state index in [1.54, 1.807) is 12.1 Å². The second kappa shape index (κ2) is 9.80. The maximum Gasteiger partial charge on any atom is 0.417 e. The molecule has 4 aromatic carbocycles. The van der Waals surface area contributed by atoms with Crippen molar-refractivity contribution in [3.63, 3.8) is 0 Å². The Morgan fingerprint density at radius 3 is 1.59 bits per heavy atom. The van der Waals surface area contributed by atoms with Crippen molar-refractivity contribution in [3.05, 3.63) is 111 Å². The summed E-state index contributed by atoms with van der Waals surface area (Å²) >= 11 is 0. The molecule has 0 atom stereocenters. The van der Waals surface area contributed by atoms with Gasteiger partial charge in [0.1, 0.15) is 23.5 Å². The molecule has 0 aromatic heterocycles. The molecule has 1 aliphatic rings. The largest absolute Gasteiger partial charge is 0.417 e. The van der Waals surface area contributed by atoms with Gasteiger partial charge in [-0.1, -0.05) is 24.3 Å². The molecule has 196 valence electrons. The Morgan fingerprint density at radius 1 is 0.634 bits per heavy atom. The van der Waals surface area contributed by atoms with E-state index in [1.165, 1.54) is 12.1 Å². The Hall–Kier alpha value is -5.70. The second-order valence-electron chi connectivity index (χ2n) is 9.51. The molecule has 0 aliphatic heterocycles. The molecule has 5 rings (SSSR count). The standard InChI is InChI=1S/C33H16F4N4/c1-17-5-3-6-18(2)30(17)22-11-26-24(9-19(22)13-38)25-10-20(14-39)23(12-27(25)31(26)21(15-40)16-41)32-28(33(35,36)37)7-4-8-29(32)34/h3-12H,1-2H3. The van der Waals surface area contributed by atoms with Gasteiger partial charge in [-0.2, -0.15) is 34.2 Å². The van der Waals surface area contributed by atoms with Gasteiger partial charge in [-0.05, 0) is 89.2 Å². The van der Waals surface area contributed by atoms with Crippen molar-refractivity contribution >= 4 is 5.57 Å². The molecular weight excluding hydrogens is 528 g/mol. The van der Waals surface area contributed by atoms with Gasteiger partial charge < -0.3 is 0 Å². The van der Waals surface area contributed by atoms with Crippen LogP contribution in [0.1, 0.15) is 38.9 Å². The first kappa shape index (κ1) is 26.9. The average molecular weight is 545 g/mol. The fourth-order valence-corrected chi connectivity index (χ4v) is 5.48. The zero-order valence-corrected chi connectivity index (χ0v) is 21.6. The van der Waals surface area contributed by atoms with E-state index in [-0.39, 0.29) is 27.8 Å². The SMILES string of the molecule is Cc1cccc(C)c1-c1cc2c(cc1C#N)-c1cc(C#N)c(-c3c(F)cccc3C(F)(F)F)cc1C2=C(C#N)C#N. The number of halogens is 4. The molecule has 0 heterocycles. The van der Waals surface area contributed by atoms with E-state index in [0.29, 0.717) is 27.8 Å². The minimum absolute atomic E-state index is 0.132. The summed E-state index contributed by atoms with van der Waals surface area (Å²) in [6.07, 6.45) is -4.92. The highest BCUT2D eigenvalue weighted by Crippen LogP contribution is 2.51. The van der Waals surface area contributed by atoms with Crippen molar-refractivity contribution in [2.45, 2.75) is 20.0 Å². The molecule has 0 fully saturated rings. The van der Waals surface area contributed by atoms with Gasteiger partial charge in [0.05, 0.1) is 28.8 Å². The lowest BCUT2D eigenvalue weighted by molar-refractivity contribution is -0.137. The van der Waals surface area contributed by atoms with Crippen LogP contribution >= 0.6 is 0 Å². The molecule has 8 heteroatoms. The summed E-state index contributed by atoms with van der Waals surface area (Å²) < 4.78 is 56.8. The van der Waals surface area contributed by atoms with Gasteiger partial charge in [0, 0.05) is 22.3 Å². The average Bonchev–Trinajstić information content (AvgIpc) is 3.24. The fraction of sp³-hybridized carbons (Fsp3) is 0.0909. The third-order valence-corrected chi connectivity index (χ3v) is 7.20. The number of nitrogens with zero attached hydrogens (tertiary/aromatic N) is 4. The van der Waals surface area contributed by atoms with Crippen LogP contribution in [0.3, 0.4) is 0 Å². The van der Waals surface area contributed by atoms with E-state index in [2.05, 4.69) is 6.07 Å². The number of fused-ring (bicyclic) bond motifs is 3. The Bertz CT molecular complexity index is 1970. The monoisotopic (exact) mass is 544 g/mol. The first-order valence-corrected chi connectivity index (χ1v) is 12.2. The number of alkyl halides is 3. The molecule has 0 unspecified atom stereocenters. The van der Waals surface area contributed by atoms with Gasteiger partial charge in [-0.15, -0.1) is 0 Å². The summed E-state index contributed by atoms with van der Waals surface area (Å²) in [6.45, 7) is 3.77. The van der Waals surface area contributed by atoms with Crippen molar-refractivity contribution in [1.29, 1.82) is 21.0 Å². The second-order valence-corrected chi connectivity index (χ2v) is 9.51. The molecular formula is C33H16F4N4. The first-order chi connectivity index (χ1) is 19.5. The normalized spacial score (nSPS) is 11.5. The minimum atomic E-state index is -4.92. The van der Waals surface area contributed by atoms with Gasteiger partial charge in [0.15, 0.2) is 0 Å². The van der Waals surface area contributed by atoms with Gasteiger partial charge in [-0.3, -0.25) is 0 Å². The van der Waals surface area contributed by atoms with Gasteiger partial charge >= 0.3 is 6.18 Å². The van der Waals surface area contributed by atoms with Crippen LogP contribution in [0.25, 0.3) is 39.0 Å². The Balaban J connectivity index is 1.91. The molecule has 0 bridgehead atoms. The van der Waals surface area contributed by atoms with E-state index in [9.17, 15) is 34.2 Å². The van der Waals surface area contributed by atoms with Gasteiger partial charge in [-0.25, -0.2) is 4.39 Å². The molecule has 0 amide bonds. The summed E-state index contributed by atoms with van der Waals surface area (Å²) in [5.74, 6) is -1.18. The lowest BCUT2D eigenvalue weighted by atomic mass is 9.88. The van der Waals surface area contributed by atoms with Crippen LogP contribution in [0.2, 0.25) is 0 Å². The quantitative estimate of drug-likeness (QED) is 0.165. The lowest BCUT2D eigenvalue weighted by Gasteiger charge is -2.16.